The van der Waals surface area contributed by atoms with Crippen LogP contribution in [0, 0.1) is 0 Å². The number of rotatable bonds is 2. The summed E-state index contributed by atoms with van der Waals surface area (Å²) in [6.45, 7) is 0.839. The number of likely N-dealkylation sites (tertiary alicyclic amines) is 1. The van der Waals surface area contributed by atoms with Crippen LogP contribution >= 0.6 is 43.2 Å². The molecule has 1 aromatic carbocycles. The van der Waals surface area contributed by atoms with Crippen LogP contribution in [-0.2, 0) is 0 Å². The van der Waals surface area contributed by atoms with Gasteiger partial charge in [-0.05, 0) is 56.3 Å². The summed E-state index contributed by atoms with van der Waals surface area (Å²) in [5, 5.41) is 0. The Bertz CT molecular complexity index is 607. The Kier molecular flexibility index (Phi) is 4.29. The molecule has 1 amide bonds. The van der Waals surface area contributed by atoms with E-state index >= 15 is 0 Å². The maximum atomic E-state index is 12.7. The molecule has 0 bridgehead atoms. The van der Waals surface area contributed by atoms with Crippen LogP contribution in [-0.4, -0.2) is 17.4 Å². The van der Waals surface area contributed by atoms with Crippen molar-refractivity contribution >= 4 is 49.1 Å². The van der Waals surface area contributed by atoms with Crippen molar-refractivity contribution in [3.05, 3.63) is 55.1 Å². The summed E-state index contributed by atoms with van der Waals surface area (Å²) < 4.78 is 1.91. The molecule has 0 saturated carbocycles. The van der Waals surface area contributed by atoms with Gasteiger partial charge in [-0.3, -0.25) is 4.79 Å². The molecule has 0 unspecified atom stereocenters. The molecule has 0 spiro atoms. The van der Waals surface area contributed by atoms with E-state index in [0.717, 1.165) is 32.5 Å². The molecule has 1 aliphatic heterocycles. The van der Waals surface area contributed by atoms with Gasteiger partial charge in [0.1, 0.15) is 0 Å². The lowest BCUT2D eigenvalue weighted by atomic mass is 10.0. The van der Waals surface area contributed by atoms with Crippen molar-refractivity contribution in [3.63, 3.8) is 0 Å². The fourth-order valence-corrected chi connectivity index (χ4v) is 4.62. The second-order valence-corrected chi connectivity index (χ2v) is 8.02. The highest BCUT2D eigenvalue weighted by Gasteiger charge is 2.31. The minimum absolute atomic E-state index is 0.132. The van der Waals surface area contributed by atoms with Crippen molar-refractivity contribution in [2.45, 2.75) is 18.9 Å². The third-order valence-corrected chi connectivity index (χ3v) is 6.80. The number of hydrogen-bond donors (Lipinski definition) is 0. The lowest BCUT2D eigenvalue weighted by Gasteiger charge is -2.24. The highest BCUT2D eigenvalue weighted by molar-refractivity contribution is 9.13. The van der Waals surface area contributed by atoms with Crippen molar-refractivity contribution in [3.8, 4) is 0 Å². The van der Waals surface area contributed by atoms with Crippen LogP contribution in [0.5, 0.6) is 0 Å². The predicted octanol–water partition coefficient (Wildman–Crippen LogP) is 5.25. The predicted molar refractivity (Wildman–Crippen MR) is 89.2 cm³/mol. The van der Waals surface area contributed by atoms with E-state index in [1.54, 1.807) is 0 Å². The SMILES string of the molecule is O=C(c1cc(Br)c(Br)s1)N1CCC[C@H]1c1ccccc1. The molecule has 1 saturated heterocycles. The quantitative estimate of drug-likeness (QED) is 0.656. The molecule has 2 nitrogen and oxygen atoms in total. The molecule has 0 N–H and O–H groups in total. The highest BCUT2D eigenvalue weighted by atomic mass is 79.9. The summed E-state index contributed by atoms with van der Waals surface area (Å²) in [5.41, 5.74) is 1.23. The third-order valence-electron chi connectivity index (χ3n) is 3.55. The van der Waals surface area contributed by atoms with Gasteiger partial charge in [-0.2, -0.15) is 0 Å². The summed E-state index contributed by atoms with van der Waals surface area (Å²) in [6, 6.07) is 12.4. The average molecular weight is 415 g/mol. The molecule has 3 rings (SSSR count). The van der Waals surface area contributed by atoms with Gasteiger partial charge in [0.25, 0.3) is 5.91 Å². The number of benzene rings is 1. The molecule has 2 heterocycles. The van der Waals surface area contributed by atoms with Gasteiger partial charge in [0, 0.05) is 11.0 Å². The Labute approximate surface area is 139 Å². The summed E-state index contributed by atoms with van der Waals surface area (Å²) in [5.74, 6) is 0.132. The Morgan fingerprint density at radius 1 is 1.25 bits per heavy atom. The van der Waals surface area contributed by atoms with Crippen LogP contribution < -0.4 is 0 Å². The van der Waals surface area contributed by atoms with Crippen molar-refractivity contribution in [2.24, 2.45) is 0 Å². The van der Waals surface area contributed by atoms with Gasteiger partial charge < -0.3 is 4.90 Å². The van der Waals surface area contributed by atoms with Crippen LogP contribution in [0.3, 0.4) is 0 Å². The highest BCUT2D eigenvalue weighted by Crippen LogP contribution is 2.37. The molecule has 0 radical (unpaired) electrons. The van der Waals surface area contributed by atoms with E-state index in [1.165, 1.54) is 16.9 Å². The summed E-state index contributed by atoms with van der Waals surface area (Å²) in [4.78, 5) is 15.5. The number of hydrogen-bond acceptors (Lipinski definition) is 2. The molecule has 2 aromatic rings. The van der Waals surface area contributed by atoms with E-state index in [2.05, 4.69) is 44.0 Å². The topological polar surface area (TPSA) is 20.3 Å². The normalized spacial score (nSPS) is 18.5. The number of amides is 1. The van der Waals surface area contributed by atoms with Gasteiger partial charge in [-0.15, -0.1) is 11.3 Å². The monoisotopic (exact) mass is 413 g/mol. The Balaban J connectivity index is 1.87. The van der Waals surface area contributed by atoms with Gasteiger partial charge in [-0.25, -0.2) is 0 Å². The van der Waals surface area contributed by atoms with Crippen LogP contribution in [0.1, 0.15) is 34.1 Å². The van der Waals surface area contributed by atoms with E-state index in [1.807, 2.05) is 29.2 Å². The number of nitrogens with zero attached hydrogens (tertiary/aromatic N) is 1. The fraction of sp³-hybridized carbons (Fsp3) is 0.267. The smallest absolute Gasteiger partial charge is 0.264 e. The maximum absolute atomic E-state index is 12.7. The molecular weight excluding hydrogens is 402 g/mol. The van der Waals surface area contributed by atoms with Crippen molar-refractivity contribution in [1.82, 2.24) is 4.90 Å². The first kappa shape index (κ1) is 14.3. The third kappa shape index (κ3) is 2.71. The second-order valence-electron chi connectivity index (χ2n) is 4.80. The van der Waals surface area contributed by atoms with Gasteiger partial charge in [0.05, 0.1) is 14.7 Å². The Morgan fingerprint density at radius 2 is 2.00 bits per heavy atom. The van der Waals surface area contributed by atoms with Crippen molar-refractivity contribution < 1.29 is 4.79 Å². The summed E-state index contributed by atoms with van der Waals surface area (Å²) in [6.07, 6.45) is 2.11. The lowest BCUT2D eigenvalue weighted by molar-refractivity contribution is 0.0740. The zero-order chi connectivity index (χ0) is 14.1. The molecule has 1 atom stereocenters. The first-order chi connectivity index (χ1) is 9.66. The number of thiophene rings is 1. The van der Waals surface area contributed by atoms with Gasteiger partial charge in [0.15, 0.2) is 0 Å². The second kappa shape index (κ2) is 6.00. The molecule has 1 aliphatic rings. The minimum atomic E-state index is 0.132. The van der Waals surface area contributed by atoms with Crippen molar-refractivity contribution in [2.75, 3.05) is 6.54 Å². The number of halogens is 2. The summed E-state index contributed by atoms with van der Waals surface area (Å²) >= 11 is 8.38. The Hall–Kier alpha value is -0.650. The minimum Gasteiger partial charge on any atom is -0.331 e. The van der Waals surface area contributed by atoms with Crippen LogP contribution in [0.25, 0.3) is 0 Å². The number of carbonyl (C=O) groups excluding carboxylic acids is 1. The van der Waals surface area contributed by atoms with Gasteiger partial charge in [0.2, 0.25) is 0 Å². The van der Waals surface area contributed by atoms with Crippen LogP contribution in [0.15, 0.2) is 44.7 Å². The standard InChI is InChI=1S/C15H13Br2NOS/c16-11-9-13(20-14(11)17)15(19)18-8-4-7-12(18)10-5-2-1-3-6-10/h1-3,5-6,9,12H,4,7-8H2/t12-/m0/s1. The van der Waals surface area contributed by atoms with E-state index in [-0.39, 0.29) is 11.9 Å². The fourth-order valence-electron chi connectivity index (χ4n) is 2.63. The molecule has 1 fully saturated rings. The first-order valence-corrected chi connectivity index (χ1v) is 8.88. The van der Waals surface area contributed by atoms with E-state index in [9.17, 15) is 4.79 Å². The molecule has 104 valence electrons. The lowest BCUT2D eigenvalue weighted by Crippen LogP contribution is -2.29. The molecular formula is C15H13Br2NOS. The van der Waals surface area contributed by atoms with Gasteiger partial charge in [-0.1, -0.05) is 30.3 Å². The van der Waals surface area contributed by atoms with E-state index in [0.29, 0.717) is 0 Å². The first-order valence-electron chi connectivity index (χ1n) is 6.47. The largest absolute Gasteiger partial charge is 0.331 e. The molecule has 20 heavy (non-hydrogen) atoms. The molecule has 0 aliphatic carbocycles. The zero-order valence-electron chi connectivity index (χ0n) is 10.7. The summed E-state index contributed by atoms with van der Waals surface area (Å²) in [7, 11) is 0. The maximum Gasteiger partial charge on any atom is 0.264 e. The number of carbonyl (C=O) groups is 1. The molecule has 1 aromatic heterocycles. The van der Waals surface area contributed by atoms with Crippen molar-refractivity contribution in [1.29, 1.82) is 0 Å². The van der Waals surface area contributed by atoms with Gasteiger partial charge >= 0.3 is 0 Å². The van der Waals surface area contributed by atoms with E-state index in [4.69, 9.17) is 0 Å². The average Bonchev–Trinajstić information content (AvgIpc) is 3.07. The molecule has 5 heteroatoms. The zero-order valence-corrected chi connectivity index (χ0v) is 14.7. The van der Waals surface area contributed by atoms with E-state index < -0.39 is 0 Å². The van der Waals surface area contributed by atoms with Crippen LogP contribution in [0.2, 0.25) is 0 Å². The Morgan fingerprint density at radius 3 is 2.65 bits per heavy atom. The van der Waals surface area contributed by atoms with Crippen LogP contribution in [0.4, 0.5) is 0 Å².